The van der Waals surface area contributed by atoms with Crippen molar-refractivity contribution in [1.82, 2.24) is 0 Å². The molecule has 0 saturated carbocycles. The molecule has 1 atom stereocenters. The first-order chi connectivity index (χ1) is 9.61. The fourth-order valence-corrected chi connectivity index (χ4v) is 2.31. The molecule has 2 aromatic rings. The minimum absolute atomic E-state index is 0.125. The van der Waals surface area contributed by atoms with Crippen molar-refractivity contribution >= 4 is 27.5 Å². The number of amides is 1. The number of halogens is 2. The zero-order valence-corrected chi connectivity index (χ0v) is 12.7. The van der Waals surface area contributed by atoms with Gasteiger partial charge in [-0.1, -0.05) is 37.3 Å². The van der Waals surface area contributed by atoms with Gasteiger partial charge in [0, 0.05) is 5.69 Å². The van der Waals surface area contributed by atoms with Crippen LogP contribution in [0.1, 0.15) is 24.8 Å². The summed E-state index contributed by atoms with van der Waals surface area (Å²) in [6, 6.07) is 14.1. The Morgan fingerprint density at radius 3 is 2.55 bits per heavy atom. The number of rotatable bonds is 4. The van der Waals surface area contributed by atoms with Crippen molar-refractivity contribution in [3.63, 3.8) is 0 Å². The molecule has 0 heterocycles. The minimum Gasteiger partial charge on any atom is -0.325 e. The van der Waals surface area contributed by atoms with Crippen LogP contribution in [-0.2, 0) is 4.79 Å². The minimum atomic E-state index is -0.393. The molecule has 0 aliphatic rings. The molecule has 4 heteroatoms. The van der Waals surface area contributed by atoms with E-state index in [1.165, 1.54) is 6.07 Å². The van der Waals surface area contributed by atoms with Crippen LogP contribution in [0.4, 0.5) is 10.1 Å². The summed E-state index contributed by atoms with van der Waals surface area (Å²) in [5, 5.41) is 2.76. The molecule has 0 aliphatic heterocycles. The lowest BCUT2D eigenvalue weighted by atomic mass is 9.95. The van der Waals surface area contributed by atoms with Gasteiger partial charge in [-0.2, -0.15) is 0 Å². The maximum absolute atomic E-state index is 13.4. The Morgan fingerprint density at radius 1 is 1.25 bits per heavy atom. The molecule has 104 valence electrons. The van der Waals surface area contributed by atoms with Crippen LogP contribution in [0.15, 0.2) is 53.0 Å². The van der Waals surface area contributed by atoms with Gasteiger partial charge in [-0.15, -0.1) is 0 Å². The number of hydrogen-bond acceptors (Lipinski definition) is 1. The Labute approximate surface area is 126 Å². The summed E-state index contributed by atoms with van der Waals surface area (Å²) in [4.78, 5) is 12.3. The molecule has 1 unspecified atom stereocenters. The third kappa shape index (κ3) is 3.45. The third-order valence-corrected chi connectivity index (χ3v) is 3.76. The summed E-state index contributed by atoms with van der Waals surface area (Å²) in [7, 11) is 0. The molecule has 0 aliphatic carbocycles. The first kappa shape index (κ1) is 14.7. The monoisotopic (exact) mass is 335 g/mol. The fraction of sp³-hybridized carbons (Fsp3) is 0.188. The van der Waals surface area contributed by atoms with E-state index in [4.69, 9.17) is 0 Å². The molecule has 1 N–H and O–H groups in total. The molecule has 1 amide bonds. The first-order valence-electron chi connectivity index (χ1n) is 6.42. The van der Waals surface area contributed by atoms with Crippen molar-refractivity contribution in [3.05, 3.63) is 64.4 Å². The molecule has 2 aromatic carbocycles. The molecule has 0 saturated heterocycles. The average molecular weight is 336 g/mol. The highest BCUT2D eigenvalue weighted by Crippen LogP contribution is 2.23. The maximum atomic E-state index is 13.4. The molecular formula is C16H15BrFNO. The molecular weight excluding hydrogens is 321 g/mol. The van der Waals surface area contributed by atoms with E-state index in [1.807, 2.05) is 37.3 Å². The Balaban J connectivity index is 2.15. The van der Waals surface area contributed by atoms with Gasteiger partial charge in [-0.25, -0.2) is 4.39 Å². The maximum Gasteiger partial charge on any atom is 0.231 e. The van der Waals surface area contributed by atoms with Gasteiger partial charge in [-0.05, 0) is 46.1 Å². The van der Waals surface area contributed by atoms with E-state index in [2.05, 4.69) is 21.2 Å². The molecule has 0 aromatic heterocycles. The van der Waals surface area contributed by atoms with Crippen LogP contribution in [-0.4, -0.2) is 5.91 Å². The summed E-state index contributed by atoms with van der Waals surface area (Å²) >= 11 is 3.09. The summed E-state index contributed by atoms with van der Waals surface area (Å²) < 4.78 is 13.8. The number of benzene rings is 2. The predicted octanol–water partition coefficient (Wildman–Crippen LogP) is 4.72. The number of carbonyl (C=O) groups excluding carboxylic acids is 1. The zero-order chi connectivity index (χ0) is 14.5. The van der Waals surface area contributed by atoms with E-state index in [-0.39, 0.29) is 11.8 Å². The van der Waals surface area contributed by atoms with Crippen LogP contribution in [0.2, 0.25) is 0 Å². The molecule has 0 bridgehead atoms. The molecule has 2 rings (SSSR count). The second-order valence-corrected chi connectivity index (χ2v) is 5.34. The van der Waals surface area contributed by atoms with Gasteiger partial charge in [-0.3, -0.25) is 4.79 Å². The van der Waals surface area contributed by atoms with E-state index in [0.717, 1.165) is 5.56 Å². The highest BCUT2D eigenvalue weighted by molar-refractivity contribution is 9.10. The number of hydrogen-bond donors (Lipinski definition) is 1. The Morgan fingerprint density at radius 2 is 1.95 bits per heavy atom. The van der Waals surface area contributed by atoms with Gasteiger partial charge in [0.25, 0.3) is 0 Å². The Kier molecular flexibility index (Phi) is 4.90. The summed E-state index contributed by atoms with van der Waals surface area (Å²) in [6.07, 6.45) is 0.689. The number of anilines is 1. The van der Waals surface area contributed by atoms with Crippen molar-refractivity contribution < 1.29 is 9.18 Å². The van der Waals surface area contributed by atoms with Gasteiger partial charge in [0.05, 0.1) is 10.4 Å². The van der Waals surface area contributed by atoms with Gasteiger partial charge < -0.3 is 5.32 Å². The lowest BCUT2D eigenvalue weighted by Crippen LogP contribution is -2.20. The van der Waals surface area contributed by atoms with E-state index in [1.54, 1.807) is 12.1 Å². The van der Waals surface area contributed by atoms with Gasteiger partial charge >= 0.3 is 0 Å². The fourth-order valence-electron chi connectivity index (χ4n) is 2.06. The molecule has 2 nitrogen and oxygen atoms in total. The second-order valence-electron chi connectivity index (χ2n) is 4.49. The third-order valence-electron chi connectivity index (χ3n) is 3.11. The number of nitrogens with one attached hydrogen (secondary N) is 1. The Hall–Kier alpha value is -1.68. The van der Waals surface area contributed by atoms with Crippen LogP contribution in [0.25, 0.3) is 0 Å². The van der Waals surface area contributed by atoms with Crippen molar-refractivity contribution in [3.8, 4) is 0 Å². The smallest absolute Gasteiger partial charge is 0.231 e. The van der Waals surface area contributed by atoms with Gasteiger partial charge in [0.2, 0.25) is 5.91 Å². The van der Waals surface area contributed by atoms with Gasteiger partial charge in [0.1, 0.15) is 5.82 Å². The van der Waals surface area contributed by atoms with Crippen molar-refractivity contribution in [2.45, 2.75) is 19.3 Å². The molecule has 0 radical (unpaired) electrons. The highest BCUT2D eigenvalue weighted by atomic mass is 79.9. The Bertz CT molecular complexity index is 601. The largest absolute Gasteiger partial charge is 0.325 e. The van der Waals surface area contributed by atoms with E-state index >= 15 is 0 Å². The topological polar surface area (TPSA) is 29.1 Å². The van der Waals surface area contributed by atoms with Crippen LogP contribution >= 0.6 is 15.9 Å². The van der Waals surface area contributed by atoms with E-state index in [9.17, 15) is 9.18 Å². The van der Waals surface area contributed by atoms with Crippen LogP contribution < -0.4 is 5.32 Å². The molecule has 20 heavy (non-hydrogen) atoms. The predicted molar refractivity (Wildman–Crippen MR) is 82.2 cm³/mol. The molecule has 0 fully saturated rings. The molecule has 0 spiro atoms. The van der Waals surface area contributed by atoms with E-state index < -0.39 is 5.82 Å². The second kappa shape index (κ2) is 6.66. The summed E-state index contributed by atoms with van der Waals surface area (Å²) in [5.74, 6) is -0.751. The quantitative estimate of drug-likeness (QED) is 0.860. The van der Waals surface area contributed by atoms with Crippen LogP contribution in [0, 0.1) is 5.82 Å². The average Bonchev–Trinajstić information content (AvgIpc) is 2.45. The van der Waals surface area contributed by atoms with Gasteiger partial charge in [0.15, 0.2) is 0 Å². The first-order valence-corrected chi connectivity index (χ1v) is 7.22. The SMILES string of the molecule is CCC(C(=O)Nc1ccc(Br)c(F)c1)c1ccccc1. The van der Waals surface area contributed by atoms with Crippen molar-refractivity contribution in [2.24, 2.45) is 0 Å². The zero-order valence-electron chi connectivity index (χ0n) is 11.1. The normalized spacial score (nSPS) is 11.9. The lowest BCUT2D eigenvalue weighted by molar-refractivity contribution is -0.117. The van der Waals surface area contributed by atoms with E-state index in [0.29, 0.717) is 16.6 Å². The standard InChI is InChI=1S/C16H15BrFNO/c1-2-13(11-6-4-3-5-7-11)16(20)19-12-8-9-14(17)15(18)10-12/h3-10,13H,2H2,1H3,(H,19,20). The van der Waals surface area contributed by atoms with Crippen LogP contribution in [0.3, 0.4) is 0 Å². The lowest BCUT2D eigenvalue weighted by Gasteiger charge is -2.15. The highest BCUT2D eigenvalue weighted by Gasteiger charge is 2.18. The number of carbonyl (C=O) groups is 1. The van der Waals surface area contributed by atoms with Crippen molar-refractivity contribution in [2.75, 3.05) is 5.32 Å². The van der Waals surface area contributed by atoms with Crippen LogP contribution in [0.5, 0.6) is 0 Å². The summed E-state index contributed by atoms with van der Waals surface area (Å²) in [6.45, 7) is 1.96. The van der Waals surface area contributed by atoms with Crippen molar-refractivity contribution in [1.29, 1.82) is 0 Å². The summed E-state index contributed by atoms with van der Waals surface area (Å²) in [5.41, 5.74) is 1.43.